The molecule has 1 aromatic heterocycles. The van der Waals surface area contributed by atoms with Gasteiger partial charge in [0.2, 0.25) is 5.82 Å². The highest BCUT2D eigenvalue weighted by molar-refractivity contribution is 5.90. The number of carbonyl (C=O) groups is 1. The third-order valence-electron chi connectivity index (χ3n) is 3.42. The molecule has 0 fully saturated rings. The molecular weight excluding hydrogens is 312 g/mol. The van der Waals surface area contributed by atoms with E-state index in [1.165, 1.54) is 17.3 Å². The Hall–Kier alpha value is -2.81. The number of rotatable bonds is 1. The van der Waals surface area contributed by atoms with Gasteiger partial charge < -0.3 is 4.90 Å². The van der Waals surface area contributed by atoms with Gasteiger partial charge in [-0.15, -0.1) is 0 Å². The van der Waals surface area contributed by atoms with Crippen LogP contribution in [0.4, 0.5) is 8.78 Å². The van der Waals surface area contributed by atoms with E-state index in [-0.39, 0.29) is 22.8 Å². The van der Waals surface area contributed by atoms with E-state index < -0.39 is 11.6 Å². The van der Waals surface area contributed by atoms with Crippen molar-refractivity contribution in [2.24, 2.45) is 0 Å². The SMILES string of the molecule is CN(C(=O)c1ncc(C#Cc2cc(F)ccc2F)cn1)C(C)(C)C. The van der Waals surface area contributed by atoms with Crippen LogP contribution in [0.3, 0.4) is 0 Å². The second-order valence-corrected chi connectivity index (χ2v) is 6.20. The Morgan fingerprint density at radius 2 is 1.75 bits per heavy atom. The van der Waals surface area contributed by atoms with Crippen molar-refractivity contribution in [3.8, 4) is 11.8 Å². The second-order valence-electron chi connectivity index (χ2n) is 6.20. The minimum atomic E-state index is -0.608. The molecule has 0 saturated carbocycles. The summed E-state index contributed by atoms with van der Waals surface area (Å²) in [5, 5.41) is 0. The Labute approximate surface area is 139 Å². The summed E-state index contributed by atoms with van der Waals surface area (Å²) in [5.41, 5.74) is -0.00960. The Morgan fingerprint density at radius 1 is 1.12 bits per heavy atom. The summed E-state index contributed by atoms with van der Waals surface area (Å²) in [6.45, 7) is 5.70. The van der Waals surface area contributed by atoms with Gasteiger partial charge in [-0.2, -0.15) is 0 Å². The molecule has 0 aliphatic carbocycles. The molecule has 0 N–H and O–H groups in total. The van der Waals surface area contributed by atoms with Crippen LogP contribution in [-0.2, 0) is 0 Å². The highest BCUT2D eigenvalue weighted by Gasteiger charge is 2.25. The fraction of sp³-hybridized carbons (Fsp3) is 0.278. The zero-order chi connectivity index (χ0) is 17.9. The summed E-state index contributed by atoms with van der Waals surface area (Å²) < 4.78 is 26.6. The lowest BCUT2D eigenvalue weighted by Gasteiger charge is -2.31. The average Bonchev–Trinajstić information content (AvgIpc) is 2.54. The number of nitrogens with zero attached hydrogens (tertiary/aromatic N) is 3. The standard InChI is InChI=1S/C18H17F2N3O/c1-18(2,3)23(4)17(24)16-21-10-12(11-22-16)5-6-13-9-14(19)7-8-15(13)20/h7-11H,1-4H3. The van der Waals surface area contributed by atoms with Crippen molar-refractivity contribution < 1.29 is 13.6 Å². The first-order chi connectivity index (χ1) is 11.2. The number of benzene rings is 1. The van der Waals surface area contributed by atoms with Crippen LogP contribution in [0.5, 0.6) is 0 Å². The van der Waals surface area contributed by atoms with E-state index in [1.54, 1.807) is 7.05 Å². The molecule has 0 aliphatic heterocycles. The molecule has 0 spiro atoms. The molecule has 1 amide bonds. The van der Waals surface area contributed by atoms with Crippen molar-refractivity contribution in [3.63, 3.8) is 0 Å². The minimum absolute atomic E-state index is 0.0508. The summed E-state index contributed by atoms with van der Waals surface area (Å²) in [5.74, 6) is 3.74. The van der Waals surface area contributed by atoms with Gasteiger partial charge in [0.05, 0.1) is 11.1 Å². The van der Waals surface area contributed by atoms with E-state index in [9.17, 15) is 13.6 Å². The smallest absolute Gasteiger partial charge is 0.291 e. The number of hydrogen-bond acceptors (Lipinski definition) is 3. The first kappa shape index (κ1) is 17.5. The predicted octanol–water partition coefficient (Wildman–Crippen LogP) is 3.03. The van der Waals surface area contributed by atoms with Crippen molar-refractivity contribution in [1.82, 2.24) is 14.9 Å². The Balaban J connectivity index is 2.21. The Morgan fingerprint density at radius 3 is 2.33 bits per heavy atom. The van der Waals surface area contributed by atoms with E-state index in [0.29, 0.717) is 5.56 Å². The largest absolute Gasteiger partial charge is 0.334 e. The summed E-state index contributed by atoms with van der Waals surface area (Å²) in [4.78, 5) is 21.8. The van der Waals surface area contributed by atoms with Crippen LogP contribution in [0, 0.1) is 23.5 Å². The van der Waals surface area contributed by atoms with E-state index in [0.717, 1.165) is 18.2 Å². The third-order valence-corrected chi connectivity index (χ3v) is 3.42. The number of carbonyl (C=O) groups excluding carboxylic acids is 1. The van der Waals surface area contributed by atoms with Crippen molar-refractivity contribution in [1.29, 1.82) is 0 Å². The lowest BCUT2D eigenvalue weighted by molar-refractivity contribution is 0.0643. The van der Waals surface area contributed by atoms with Crippen molar-refractivity contribution in [2.75, 3.05) is 7.05 Å². The van der Waals surface area contributed by atoms with Crippen LogP contribution in [0.15, 0.2) is 30.6 Å². The van der Waals surface area contributed by atoms with Gasteiger partial charge >= 0.3 is 0 Å². The molecule has 6 heteroatoms. The molecule has 0 unspecified atom stereocenters. The fourth-order valence-electron chi connectivity index (χ4n) is 1.69. The second kappa shape index (κ2) is 6.75. The van der Waals surface area contributed by atoms with Crippen molar-refractivity contribution >= 4 is 5.91 Å². The zero-order valence-corrected chi connectivity index (χ0v) is 13.9. The number of amides is 1. The highest BCUT2D eigenvalue weighted by atomic mass is 19.1. The molecule has 24 heavy (non-hydrogen) atoms. The fourth-order valence-corrected chi connectivity index (χ4v) is 1.69. The summed E-state index contributed by atoms with van der Waals surface area (Å²) >= 11 is 0. The molecule has 2 rings (SSSR count). The van der Waals surface area contributed by atoms with E-state index in [2.05, 4.69) is 21.8 Å². The molecule has 2 aromatic rings. The van der Waals surface area contributed by atoms with Gasteiger partial charge in [0.1, 0.15) is 11.6 Å². The van der Waals surface area contributed by atoms with Crippen LogP contribution in [-0.4, -0.2) is 33.4 Å². The van der Waals surface area contributed by atoms with Gasteiger partial charge in [-0.25, -0.2) is 18.7 Å². The summed E-state index contributed by atoms with van der Waals surface area (Å²) in [7, 11) is 1.67. The van der Waals surface area contributed by atoms with Gasteiger partial charge in [0.25, 0.3) is 5.91 Å². The van der Waals surface area contributed by atoms with E-state index in [1.807, 2.05) is 20.8 Å². The number of hydrogen-bond donors (Lipinski definition) is 0. The van der Waals surface area contributed by atoms with E-state index in [4.69, 9.17) is 0 Å². The first-order valence-corrected chi connectivity index (χ1v) is 7.26. The van der Waals surface area contributed by atoms with Crippen molar-refractivity contribution in [2.45, 2.75) is 26.3 Å². The zero-order valence-electron chi connectivity index (χ0n) is 13.9. The van der Waals surface area contributed by atoms with Crippen LogP contribution in [0.2, 0.25) is 0 Å². The molecule has 1 aromatic carbocycles. The predicted molar refractivity (Wildman–Crippen MR) is 86.2 cm³/mol. The van der Waals surface area contributed by atoms with Crippen LogP contribution >= 0.6 is 0 Å². The molecule has 0 saturated heterocycles. The molecule has 0 bridgehead atoms. The van der Waals surface area contributed by atoms with Gasteiger partial charge in [-0.1, -0.05) is 11.8 Å². The molecule has 124 valence electrons. The molecule has 1 heterocycles. The summed E-state index contributed by atoms with van der Waals surface area (Å²) in [6.07, 6.45) is 2.75. The van der Waals surface area contributed by atoms with Gasteiger partial charge in [-0.05, 0) is 39.0 Å². The average molecular weight is 329 g/mol. The minimum Gasteiger partial charge on any atom is -0.334 e. The van der Waals surface area contributed by atoms with Crippen LogP contribution in [0.25, 0.3) is 0 Å². The van der Waals surface area contributed by atoms with Gasteiger partial charge in [0, 0.05) is 25.0 Å². The van der Waals surface area contributed by atoms with E-state index >= 15 is 0 Å². The van der Waals surface area contributed by atoms with Gasteiger partial charge in [0.15, 0.2) is 0 Å². The summed E-state index contributed by atoms with van der Waals surface area (Å²) in [6, 6.07) is 3.05. The number of aromatic nitrogens is 2. The highest BCUT2D eigenvalue weighted by Crippen LogP contribution is 2.13. The first-order valence-electron chi connectivity index (χ1n) is 7.26. The monoisotopic (exact) mass is 329 g/mol. The van der Waals surface area contributed by atoms with Crippen LogP contribution in [0.1, 0.15) is 42.5 Å². The normalized spacial score (nSPS) is 10.8. The maximum atomic E-state index is 13.5. The quantitative estimate of drug-likeness (QED) is 0.756. The molecule has 0 atom stereocenters. The van der Waals surface area contributed by atoms with Gasteiger partial charge in [-0.3, -0.25) is 4.79 Å². The maximum absolute atomic E-state index is 13.5. The van der Waals surface area contributed by atoms with Crippen molar-refractivity contribution in [3.05, 3.63) is 59.2 Å². The lowest BCUT2D eigenvalue weighted by Crippen LogP contribution is -2.43. The third kappa shape index (κ3) is 4.13. The topological polar surface area (TPSA) is 46.1 Å². The molecule has 0 radical (unpaired) electrons. The Kier molecular flexibility index (Phi) is 4.93. The Bertz CT molecular complexity index is 815. The molecule has 0 aliphatic rings. The number of halogens is 2. The van der Waals surface area contributed by atoms with Crippen LogP contribution < -0.4 is 0 Å². The maximum Gasteiger partial charge on any atom is 0.291 e. The lowest BCUT2D eigenvalue weighted by atomic mass is 10.1. The molecular formula is C18H17F2N3O. The molecule has 4 nitrogen and oxygen atoms in total.